The number of ether oxygens (including phenoxy) is 4. The summed E-state index contributed by atoms with van der Waals surface area (Å²) in [5.41, 5.74) is -36.0. The maximum atomic E-state index is 15.4. The number of amides is 9. The molecule has 0 spiro atoms. The minimum atomic E-state index is -3.73. The molecule has 0 heterocycles. The lowest BCUT2D eigenvalue weighted by molar-refractivity contribution is -0.162. The third-order valence-corrected chi connectivity index (χ3v) is 24.4. The number of alkyl carbamates (subject to hydrolysis) is 1. The van der Waals surface area contributed by atoms with Crippen molar-refractivity contribution < 1.29 is 210 Å². The van der Waals surface area contributed by atoms with Crippen LogP contribution in [-0.2, 0) is 73.5 Å². The van der Waals surface area contributed by atoms with E-state index in [1.165, 1.54) is 0 Å². The number of aliphatic hydroxyl groups is 27. The molecule has 1 atom stereocenters. The average Bonchev–Trinajstić information content (AvgIpc) is 0.752. The zero-order valence-electron chi connectivity index (χ0n) is 75.6. The van der Waals surface area contributed by atoms with Crippen LogP contribution in [0.5, 0.6) is 0 Å². The third kappa shape index (κ3) is 30.0. The normalized spacial score (nSPS) is 13.3. The van der Waals surface area contributed by atoms with Gasteiger partial charge in [0.1, 0.15) is 56.7 Å². The van der Waals surface area contributed by atoms with Crippen molar-refractivity contribution in [1.82, 2.24) is 47.9 Å². The summed E-state index contributed by atoms with van der Waals surface area (Å²) in [6.45, 7) is -44.9. The fraction of sp³-hybridized carbons (Fsp3) is 0.706. The summed E-state index contributed by atoms with van der Waals surface area (Å²) < 4.78 is 24.5. The van der Waals surface area contributed by atoms with E-state index < -0.39 is 399 Å². The molecule has 36 N–H and O–H groups in total. The van der Waals surface area contributed by atoms with Crippen LogP contribution in [-0.4, -0.2) is 472 Å². The third-order valence-electron chi connectivity index (χ3n) is 24.4. The molecule has 0 aromatic heterocycles. The Labute approximate surface area is 780 Å². The number of hydrogen-bond acceptors (Lipinski definition) is 42. The lowest BCUT2D eigenvalue weighted by Gasteiger charge is -2.40. The van der Waals surface area contributed by atoms with Crippen LogP contribution in [0.4, 0.5) is 4.79 Å². The maximum absolute atomic E-state index is 15.4. The molecule has 0 aliphatic heterocycles. The smallest absolute Gasteiger partial charge is 0.407 e. The first-order valence-corrected chi connectivity index (χ1v) is 43.4. The van der Waals surface area contributed by atoms with Gasteiger partial charge in [0.25, 0.3) is 0 Å². The predicted octanol–water partition coefficient (Wildman–Crippen LogP) is -15.3. The van der Waals surface area contributed by atoms with Crippen LogP contribution >= 0.6 is 0 Å². The Hall–Kier alpha value is -8.65. The van der Waals surface area contributed by atoms with E-state index in [9.17, 15) is 143 Å². The molecular formula is C85H139N9O42. The van der Waals surface area contributed by atoms with Gasteiger partial charge < -0.3 is 205 Å². The van der Waals surface area contributed by atoms with E-state index in [0.717, 1.165) is 27.1 Å². The van der Waals surface area contributed by atoms with Gasteiger partial charge in [0.05, 0.1) is 198 Å². The average molecular weight is 1960 g/mol. The Kier molecular flexibility index (Phi) is 51.1. The molecule has 3 aromatic carbocycles. The van der Waals surface area contributed by atoms with Gasteiger partial charge in [-0.25, -0.2) is 4.79 Å². The SMILES string of the molecule is O=C(CCCCCCCNC(=O)OCc1c2ccccc2cc2ccccc12)CC(COCCCC(C(=O)NC(CO)(CO)CO)(C(=O)NC(CO)(CO)CO)C(=O)NC(CO)(CO)CO)(COCCC(C(=O)CC(CO)(CO)CO)(C(=O)NC(CO)(CO)CO)C(=O)NC(CO)(CO)CO)COCCC(C(=O)NC(CO)(CO)CO)(C(=O)NC(CO)(CO)CO)C(=O)NC(CO)(CO)CO. The highest BCUT2D eigenvalue weighted by Crippen LogP contribution is 2.38. The summed E-state index contributed by atoms with van der Waals surface area (Å²) in [5.74, 6) is -18.2. The van der Waals surface area contributed by atoms with E-state index in [0.29, 0.717) is 19.3 Å². The minimum absolute atomic E-state index is 0.00855. The highest BCUT2D eigenvalue weighted by molar-refractivity contribution is 6.25. The lowest BCUT2D eigenvalue weighted by atomic mass is 9.71. The Morgan fingerprint density at radius 2 is 0.537 bits per heavy atom. The standard InChI is InChI=1S/C85H139N9O42/c95-27-73(28-96,29-97)25-63(123)83(64(124)87-75(30-98,31-99)32-100,65(125)88-76(33-101,34-102)35-103)17-21-134-55-74(24-59(122)13-4-2-1-3-9-19-86-72(132)136-26-62-60-14-7-5-11-57(60)23-58-12-6-8-15-61(58)62,56-135-22-18-85(69(129)92-80(45-113,46-114)47-115,70(130)93-81(48-116,49-117)50-118)71(131)94-82(51-119,52-120)53-121)54-133-20-10-16-84(66(126)89-77(36-104,37-105)38-106,67(127)90-78(39-107,40-108)41-109)68(128)91-79(42-110,43-111)44-112/h5-8,11-12,14-15,23,95-121H,1-4,9-10,13,16-22,24-56H2,(H,86,132)(H,87,124)(H,88,125)(H,89,126)(H,90,127)(H,91,128)(H,92,129)(H,93,130)(H,94,131). The van der Waals surface area contributed by atoms with Gasteiger partial charge in [-0.3, -0.25) is 47.9 Å². The molecule has 51 nitrogen and oxygen atoms in total. The molecule has 1 unspecified atom stereocenters. The van der Waals surface area contributed by atoms with Crippen LogP contribution in [0.25, 0.3) is 21.5 Å². The molecule has 3 rings (SSSR count). The van der Waals surface area contributed by atoms with Gasteiger partial charge in [0, 0.05) is 74.9 Å². The summed E-state index contributed by atoms with van der Waals surface area (Å²) >= 11 is 0. The molecule has 0 aliphatic rings. The number of Topliss-reactive ketones (excluding diaryl/α,β-unsaturated/α-hetero) is 2. The van der Waals surface area contributed by atoms with Crippen LogP contribution in [0.15, 0.2) is 54.6 Å². The maximum Gasteiger partial charge on any atom is 0.407 e. The number of rotatable bonds is 74. The molecule has 0 saturated heterocycles. The number of ketones is 2. The highest BCUT2D eigenvalue weighted by Gasteiger charge is 2.61. The van der Waals surface area contributed by atoms with Crippen molar-refractivity contribution in [3.8, 4) is 0 Å². The number of fused-ring (bicyclic) bond motifs is 2. The van der Waals surface area contributed by atoms with Crippen LogP contribution in [0.1, 0.15) is 82.6 Å². The first-order chi connectivity index (χ1) is 64.7. The van der Waals surface area contributed by atoms with Crippen molar-refractivity contribution in [3.05, 3.63) is 60.2 Å². The molecule has 0 radical (unpaired) electrons. The molecule has 0 saturated carbocycles. The van der Waals surface area contributed by atoms with E-state index in [4.69, 9.17) is 18.9 Å². The Balaban J connectivity index is 2.60. The van der Waals surface area contributed by atoms with Gasteiger partial charge >= 0.3 is 6.09 Å². The van der Waals surface area contributed by atoms with Crippen LogP contribution < -0.4 is 47.9 Å². The number of nitrogens with one attached hydrogen (secondary N) is 9. The van der Waals surface area contributed by atoms with Gasteiger partial charge in [0.2, 0.25) is 58.1 Å². The topological polar surface area (TPSA) is 879 Å². The molecule has 0 aliphatic carbocycles. The summed E-state index contributed by atoms with van der Waals surface area (Å²) in [6.07, 6.45) is -7.54. The molecule has 51 heteroatoms. The largest absolute Gasteiger partial charge is 0.445 e. The lowest BCUT2D eigenvalue weighted by Crippen LogP contribution is -2.71. The van der Waals surface area contributed by atoms with Crippen molar-refractivity contribution in [1.29, 1.82) is 0 Å². The van der Waals surface area contributed by atoms with Crippen LogP contribution in [0.3, 0.4) is 0 Å². The van der Waals surface area contributed by atoms with Crippen LogP contribution in [0.2, 0.25) is 0 Å². The molecule has 9 amide bonds. The Morgan fingerprint density at radius 3 is 0.838 bits per heavy atom. The number of benzene rings is 3. The first-order valence-electron chi connectivity index (χ1n) is 43.4. The Morgan fingerprint density at radius 1 is 0.272 bits per heavy atom. The predicted molar refractivity (Wildman–Crippen MR) is 468 cm³/mol. The number of carbonyl (C=O) groups excluding carboxylic acids is 11. The monoisotopic (exact) mass is 1960 g/mol. The zero-order valence-corrected chi connectivity index (χ0v) is 75.6. The second kappa shape index (κ2) is 57.2. The van der Waals surface area contributed by atoms with E-state index in [2.05, 4.69) is 5.32 Å². The number of unbranched alkanes of at least 4 members (excludes halogenated alkanes) is 4. The van der Waals surface area contributed by atoms with Gasteiger partial charge in [-0.05, 0) is 53.3 Å². The number of aliphatic hydroxyl groups excluding tert-OH is 27. The van der Waals surface area contributed by atoms with E-state index >= 15 is 47.9 Å². The molecule has 3 aromatic rings. The highest BCUT2D eigenvalue weighted by atomic mass is 16.5. The van der Waals surface area contributed by atoms with E-state index in [1.807, 2.05) is 97.1 Å². The summed E-state index contributed by atoms with van der Waals surface area (Å²) in [6, 6.07) is 17.0. The zero-order chi connectivity index (χ0) is 103. The fourth-order valence-electron chi connectivity index (χ4n) is 13.9. The van der Waals surface area contributed by atoms with Gasteiger partial charge in [-0.15, -0.1) is 0 Å². The molecule has 136 heavy (non-hydrogen) atoms. The van der Waals surface area contributed by atoms with Crippen molar-refractivity contribution in [2.24, 2.45) is 27.1 Å². The van der Waals surface area contributed by atoms with Crippen molar-refractivity contribution in [2.45, 2.75) is 128 Å². The van der Waals surface area contributed by atoms with E-state index in [-0.39, 0.29) is 26.0 Å². The fourth-order valence-corrected chi connectivity index (χ4v) is 13.9. The van der Waals surface area contributed by atoms with Gasteiger partial charge in [-0.2, -0.15) is 0 Å². The summed E-state index contributed by atoms with van der Waals surface area (Å²) in [4.78, 5) is 166. The summed E-state index contributed by atoms with van der Waals surface area (Å²) in [7, 11) is 0. The van der Waals surface area contributed by atoms with Crippen molar-refractivity contribution in [3.63, 3.8) is 0 Å². The second-order valence-electron chi connectivity index (χ2n) is 34.8. The molecule has 776 valence electrons. The first kappa shape index (κ1) is 122. The van der Waals surface area contributed by atoms with Crippen LogP contribution in [0, 0.1) is 27.1 Å². The van der Waals surface area contributed by atoms with Crippen molar-refractivity contribution >= 4 is 86.5 Å². The summed E-state index contributed by atoms with van der Waals surface area (Å²) in [5, 5.41) is 306. The van der Waals surface area contributed by atoms with E-state index in [1.54, 1.807) is 0 Å². The Bertz CT molecular complexity index is 3730. The number of carbonyl (C=O) groups is 11. The quantitative estimate of drug-likeness (QED) is 0.0142. The molecule has 0 bridgehead atoms. The number of hydrogen-bond donors (Lipinski definition) is 36. The van der Waals surface area contributed by atoms with Crippen molar-refractivity contribution in [2.75, 3.05) is 225 Å². The molecular weight excluding hydrogens is 1820 g/mol. The second-order valence-corrected chi connectivity index (χ2v) is 34.8. The molecule has 0 fully saturated rings. The van der Waals surface area contributed by atoms with Gasteiger partial charge in [-0.1, -0.05) is 67.8 Å². The minimum Gasteiger partial charge on any atom is -0.445 e. The van der Waals surface area contributed by atoms with Gasteiger partial charge in [0.15, 0.2) is 11.2 Å².